The smallest absolute Gasteiger partial charge is 0.171 e. The first-order valence-electron chi connectivity index (χ1n) is 12.7. The highest BCUT2D eigenvalue weighted by Crippen LogP contribution is 2.48. The Balaban J connectivity index is 1.72. The predicted octanol–water partition coefficient (Wildman–Crippen LogP) is 5.81. The maximum atomic E-state index is 11.1. The van der Waals surface area contributed by atoms with Crippen LogP contribution >= 0.6 is 0 Å². The maximum Gasteiger partial charge on any atom is 0.171 e. The summed E-state index contributed by atoms with van der Waals surface area (Å²) < 4.78 is 24.6. The average Bonchev–Trinajstić information content (AvgIpc) is 3.38. The second kappa shape index (κ2) is 11.9. The highest BCUT2D eigenvalue weighted by atomic mass is 16.7. The normalized spacial score (nSPS) is 29.7. The standard InChI is InChI=1S/C26H44O5/c1-4-5-7-15-25(2,3)23(31-24-11-6-8-18-28-24)13-12-21-14-16-26(29-19-20-30-26)22(21)10-9-17-27/h12-13,17,21-24H,4-11,14-16,18-20H2,1-3H3/b13-12+. The van der Waals surface area contributed by atoms with Crippen LogP contribution in [-0.4, -0.2) is 44.3 Å². The van der Waals surface area contributed by atoms with E-state index in [4.69, 9.17) is 18.9 Å². The molecule has 0 bridgehead atoms. The van der Waals surface area contributed by atoms with Crippen LogP contribution in [0.1, 0.15) is 91.4 Å². The van der Waals surface area contributed by atoms with Crippen LogP contribution in [0.5, 0.6) is 0 Å². The summed E-state index contributed by atoms with van der Waals surface area (Å²) in [7, 11) is 0. The van der Waals surface area contributed by atoms with Crippen LogP contribution < -0.4 is 0 Å². The van der Waals surface area contributed by atoms with Crippen LogP contribution in [0.3, 0.4) is 0 Å². The zero-order valence-corrected chi connectivity index (χ0v) is 20.0. The summed E-state index contributed by atoms with van der Waals surface area (Å²) in [6.07, 6.45) is 17.0. The van der Waals surface area contributed by atoms with Gasteiger partial charge in [0.2, 0.25) is 0 Å². The summed E-state index contributed by atoms with van der Waals surface area (Å²) in [5.41, 5.74) is 0.0431. The highest BCUT2D eigenvalue weighted by molar-refractivity contribution is 5.49. The molecule has 0 aromatic carbocycles. The topological polar surface area (TPSA) is 54.0 Å². The van der Waals surface area contributed by atoms with E-state index in [9.17, 15) is 4.79 Å². The molecule has 3 fully saturated rings. The maximum absolute atomic E-state index is 11.1. The van der Waals surface area contributed by atoms with E-state index in [-0.39, 0.29) is 23.7 Å². The Morgan fingerprint density at radius 1 is 1.13 bits per heavy atom. The van der Waals surface area contributed by atoms with Crippen molar-refractivity contribution in [3.05, 3.63) is 12.2 Å². The van der Waals surface area contributed by atoms with Gasteiger partial charge in [-0.1, -0.05) is 52.2 Å². The molecule has 0 N–H and O–H groups in total. The first kappa shape index (κ1) is 24.9. The van der Waals surface area contributed by atoms with Gasteiger partial charge in [0.25, 0.3) is 0 Å². The molecule has 1 saturated carbocycles. The lowest BCUT2D eigenvalue weighted by atomic mass is 9.80. The Labute approximate surface area is 189 Å². The number of aldehydes is 1. The van der Waals surface area contributed by atoms with Gasteiger partial charge in [0.1, 0.15) is 6.29 Å². The van der Waals surface area contributed by atoms with E-state index in [1.807, 2.05) is 0 Å². The van der Waals surface area contributed by atoms with Crippen LogP contribution in [0.4, 0.5) is 0 Å². The third-order valence-corrected chi connectivity index (χ3v) is 7.44. The fraction of sp³-hybridized carbons (Fsp3) is 0.885. The summed E-state index contributed by atoms with van der Waals surface area (Å²) in [6.45, 7) is 9.00. The minimum atomic E-state index is -0.489. The summed E-state index contributed by atoms with van der Waals surface area (Å²) >= 11 is 0. The molecular weight excluding hydrogens is 392 g/mol. The molecule has 178 valence electrons. The monoisotopic (exact) mass is 436 g/mol. The van der Waals surface area contributed by atoms with E-state index in [0.717, 1.165) is 51.4 Å². The SMILES string of the molecule is CCCCCC(C)(C)C(/C=C/C1CCC2(OCCO2)C1CCC=O)OC1CCCCO1. The van der Waals surface area contributed by atoms with E-state index >= 15 is 0 Å². The quantitative estimate of drug-likeness (QED) is 0.219. The van der Waals surface area contributed by atoms with Gasteiger partial charge >= 0.3 is 0 Å². The summed E-state index contributed by atoms with van der Waals surface area (Å²) in [4.78, 5) is 11.1. The van der Waals surface area contributed by atoms with E-state index in [1.165, 1.54) is 25.7 Å². The Bertz CT molecular complexity index is 560. The van der Waals surface area contributed by atoms with E-state index in [0.29, 0.717) is 25.6 Å². The van der Waals surface area contributed by atoms with Gasteiger partial charge in [0.05, 0.1) is 19.3 Å². The molecule has 0 amide bonds. The molecule has 5 heteroatoms. The molecule has 5 nitrogen and oxygen atoms in total. The van der Waals surface area contributed by atoms with Gasteiger partial charge in [0, 0.05) is 25.4 Å². The van der Waals surface area contributed by atoms with Gasteiger partial charge in [-0.15, -0.1) is 0 Å². The number of ether oxygens (including phenoxy) is 4. The average molecular weight is 437 g/mol. The van der Waals surface area contributed by atoms with Crippen molar-refractivity contribution in [2.45, 2.75) is 110 Å². The first-order chi connectivity index (χ1) is 15.0. The number of hydrogen-bond acceptors (Lipinski definition) is 5. The van der Waals surface area contributed by atoms with Gasteiger partial charge < -0.3 is 23.7 Å². The summed E-state index contributed by atoms with van der Waals surface area (Å²) in [5.74, 6) is 0.0893. The third kappa shape index (κ3) is 6.63. The van der Waals surface area contributed by atoms with Crippen LogP contribution in [0.2, 0.25) is 0 Å². The Hall–Kier alpha value is -0.750. The predicted molar refractivity (Wildman–Crippen MR) is 122 cm³/mol. The van der Waals surface area contributed by atoms with E-state index < -0.39 is 5.79 Å². The second-order valence-electron chi connectivity index (χ2n) is 10.2. The summed E-state index contributed by atoms with van der Waals surface area (Å²) in [6, 6.07) is 0. The fourth-order valence-electron chi connectivity index (χ4n) is 5.51. The van der Waals surface area contributed by atoms with Crippen LogP contribution in [0, 0.1) is 17.3 Å². The zero-order chi connectivity index (χ0) is 22.2. The highest BCUT2D eigenvalue weighted by Gasteiger charge is 2.51. The van der Waals surface area contributed by atoms with Crippen molar-refractivity contribution in [3.8, 4) is 0 Å². The number of carbonyl (C=O) groups is 1. The Morgan fingerprint density at radius 2 is 1.94 bits per heavy atom. The fourth-order valence-corrected chi connectivity index (χ4v) is 5.51. The van der Waals surface area contributed by atoms with Gasteiger partial charge in [-0.3, -0.25) is 0 Å². The van der Waals surface area contributed by atoms with Gasteiger partial charge in [-0.25, -0.2) is 0 Å². The van der Waals surface area contributed by atoms with Crippen molar-refractivity contribution in [3.63, 3.8) is 0 Å². The zero-order valence-electron chi connectivity index (χ0n) is 20.0. The summed E-state index contributed by atoms with van der Waals surface area (Å²) in [5, 5.41) is 0. The van der Waals surface area contributed by atoms with Crippen LogP contribution in [-0.2, 0) is 23.7 Å². The third-order valence-electron chi connectivity index (χ3n) is 7.44. The lowest BCUT2D eigenvalue weighted by molar-refractivity contribution is -0.198. The molecule has 4 atom stereocenters. The molecular formula is C26H44O5. The van der Waals surface area contributed by atoms with Crippen molar-refractivity contribution in [1.82, 2.24) is 0 Å². The largest absolute Gasteiger partial charge is 0.353 e. The Morgan fingerprint density at radius 3 is 2.61 bits per heavy atom. The molecule has 2 heterocycles. The van der Waals surface area contributed by atoms with Gasteiger partial charge in [0.15, 0.2) is 12.1 Å². The van der Waals surface area contributed by atoms with Gasteiger partial charge in [-0.2, -0.15) is 0 Å². The number of carbonyl (C=O) groups excluding carboxylic acids is 1. The minimum Gasteiger partial charge on any atom is -0.353 e. The lowest BCUT2D eigenvalue weighted by Crippen LogP contribution is -2.37. The van der Waals surface area contributed by atoms with Crippen LogP contribution in [0.15, 0.2) is 12.2 Å². The molecule has 4 unspecified atom stereocenters. The molecule has 31 heavy (non-hydrogen) atoms. The van der Waals surface area contributed by atoms with Crippen molar-refractivity contribution < 1.29 is 23.7 Å². The second-order valence-corrected chi connectivity index (χ2v) is 10.2. The first-order valence-corrected chi connectivity index (χ1v) is 12.7. The minimum absolute atomic E-state index is 0.0149. The molecule has 0 aromatic heterocycles. The van der Waals surface area contributed by atoms with Crippen LogP contribution in [0.25, 0.3) is 0 Å². The number of unbranched alkanes of at least 4 members (excludes halogenated alkanes) is 2. The molecule has 1 aliphatic carbocycles. The number of allylic oxidation sites excluding steroid dienone is 1. The van der Waals surface area contributed by atoms with Crippen molar-refractivity contribution in [2.75, 3.05) is 19.8 Å². The Kier molecular flexibility index (Phi) is 9.57. The van der Waals surface area contributed by atoms with Crippen molar-refractivity contribution >= 4 is 6.29 Å². The van der Waals surface area contributed by atoms with Crippen molar-refractivity contribution in [2.24, 2.45) is 17.3 Å². The molecule has 1 spiro atoms. The van der Waals surface area contributed by atoms with E-state index in [2.05, 4.69) is 32.9 Å². The van der Waals surface area contributed by atoms with E-state index in [1.54, 1.807) is 0 Å². The molecule has 2 saturated heterocycles. The number of rotatable bonds is 12. The lowest BCUT2D eigenvalue weighted by Gasteiger charge is -2.36. The molecule has 3 aliphatic rings. The van der Waals surface area contributed by atoms with Gasteiger partial charge in [-0.05, 0) is 49.9 Å². The molecule has 2 aliphatic heterocycles. The molecule has 0 radical (unpaired) electrons. The number of hydrogen-bond donors (Lipinski definition) is 0. The molecule has 3 rings (SSSR count). The van der Waals surface area contributed by atoms with Crippen molar-refractivity contribution in [1.29, 1.82) is 0 Å². The molecule has 0 aromatic rings.